The number of carbonyl (C=O) groups is 1. The second-order valence-electron chi connectivity index (χ2n) is 5.32. The fourth-order valence-corrected chi connectivity index (χ4v) is 3.06. The molecule has 2 aromatic carbocycles. The number of halogens is 2. The normalized spacial score (nSPS) is 14.1. The van der Waals surface area contributed by atoms with Crippen LogP contribution in [0.25, 0.3) is 11.1 Å². The van der Waals surface area contributed by atoms with Gasteiger partial charge in [-0.25, -0.2) is 4.79 Å². The van der Waals surface area contributed by atoms with Gasteiger partial charge in [0.1, 0.15) is 6.61 Å². The number of rotatable bonds is 4. The van der Waals surface area contributed by atoms with Crippen LogP contribution in [-0.2, 0) is 19.6 Å². The first kappa shape index (κ1) is 16.5. The van der Waals surface area contributed by atoms with Gasteiger partial charge >= 0.3 is 21.3 Å². The van der Waals surface area contributed by atoms with Gasteiger partial charge in [-0.05, 0) is 22.3 Å². The van der Waals surface area contributed by atoms with Gasteiger partial charge in [-0.15, -0.1) is 0 Å². The molecular weight excluding hydrogens is 342 g/mol. The fourth-order valence-electron chi connectivity index (χ4n) is 2.79. The minimum absolute atomic E-state index is 0.460. The first-order valence-corrected chi connectivity index (χ1v) is 8.38. The van der Waals surface area contributed by atoms with Crippen LogP contribution in [0.2, 0.25) is 0 Å². The number of esters is 1. The van der Waals surface area contributed by atoms with E-state index in [0.29, 0.717) is 0 Å². The molecule has 0 fully saturated rings. The van der Waals surface area contributed by atoms with Crippen LogP contribution in [0.15, 0.2) is 48.5 Å². The highest BCUT2D eigenvalue weighted by atomic mass is 32.2. The molecule has 0 amide bonds. The zero-order valence-corrected chi connectivity index (χ0v) is 13.0. The Kier molecular flexibility index (Phi) is 3.89. The first-order chi connectivity index (χ1) is 11.2. The Hall–Kier alpha value is -2.32. The van der Waals surface area contributed by atoms with Crippen LogP contribution in [-0.4, -0.2) is 30.8 Å². The van der Waals surface area contributed by atoms with Gasteiger partial charge in [0, 0.05) is 5.92 Å². The molecule has 0 aliphatic heterocycles. The third kappa shape index (κ3) is 2.57. The molecule has 126 valence electrons. The van der Waals surface area contributed by atoms with E-state index in [-0.39, 0.29) is 0 Å². The zero-order chi connectivity index (χ0) is 17.5. The summed E-state index contributed by atoms with van der Waals surface area (Å²) in [5.74, 6) is -2.79. The quantitative estimate of drug-likeness (QED) is 0.675. The van der Waals surface area contributed by atoms with E-state index in [1.807, 2.05) is 24.3 Å². The third-order valence-corrected chi connectivity index (χ3v) is 4.72. The van der Waals surface area contributed by atoms with Crippen LogP contribution < -0.4 is 0 Å². The second kappa shape index (κ2) is 5.64. The van der Waals surface area contributed by atoms with Crippen molar-refractivity contribution in [1.29, 1.82) is 0 Å². The maximum Gasteiger partial charge on any atom is 0.465 e. The molecule has 1 aliphatic carbocycles. The van der Waals surface area contributed by atoms with Gasteiger partial charge in [0.2, 0.25) is 0 Å². The molecule has 0 atom stereocenters. The van der Waals surface area contributed by atoms with Gasteiger partial charge in [0.15, 0.2) is 0 Å². The van der Waals surface area contributed by atoms with Crippen LogP contribution in [0.4, 0.5) is 8.78 Å². The number of alkyl halides is 2. The van der Waals surface area contributed by atoms with Gasteiger partial charge in [0.05, 0.1) is 0 Å². The molecule has 24 heavy (non-hydrogen) atoms. The average molecular weight is 354 g/mol. The van der Waals surface area contributed by atoms with Crippen molar-refractivity contribution in [2.45, 2.75) is 11.2 Å². The number of carbonyl (C=O) groups excluding carboxylic acids is 1. The van der Waals surface area contributed by atoms with Crippen molar-refractivity contribution in [1.82, 2.24) is 0 Å². The molecule has 0 saturated carbocycles. The summed E-state index contributed by atoms with van der Waals surface area (Å²) >= 11 is 0. The Morgan fingerprint density at radius 1 is 1.04 bits per heavy atom. The smallest absolute Gasteiger partial charge is 0.459 e. The average Bonchev–Trinajstić information content (AvgIpc) is 2.85. The molecule has 1 N–H and O–H groups in total. The lowest BCUT2D eigenvalue weighted by Crippen LogP contribution is -2.39. The predicted molar refractivity (Wildman–Crippen MR) is 81.2 cm³/mol. The van der Waals surface area contributed by atoms with Crippen molar-refractivity contribution >= 4 is 16.1 Å². The highest BCUT2D eigenvalue weighted by Crippen LogP contribution is 2.44. The van der Waals surface area contributed by atoms with Crippen LogP contribution >= 0.6 is 0 Å². The Balaban J connectivity index is 1.88. The maximum absolute atomic E-state index is 13.3. The van der Waals surface area contributed by atoms with Gasteiger partial charge in [-0.2, -0.15) is 17.2 Å². The lowest BCUT2D eigenvalue weighted by molar-refractivity contribution is -0.161. The van der Waals surface area contributed by atoms with E-state index in [1.165, 1.54) is 0 Å². The molecule has 0 aromatic heterocycles. The molecule has 0 radical (unpaired) electrons. The Morgan fingerprint density at radius 3 is 1.96 bits per heavy atom. The van der Waals surface area contributed by atoms with Gasteiger partial charge in [-0.1, -0.05) is 48.5 Å². The maximum atomic E-state index is 13.3. The van der Waals surface area contributed by atoms with E-state index in [0.717, 1.165) is 22.3 Å². The van der Waals surface area contributed by atoms with Crippen molar-refractivity contribution in [3.05, 3.63) is 59.7 Å². The third-order valence-electron chi connectivity index (χ3n) is 3.91. The molecule has 0 saturated heterocycles. The van der Waals surface area contributed by atoms with Gasteiger partial charge in [0.25, 0.3) is 0 Å². The minimum Gasteiger partial charge on any atom is -0.459 e. The van der Waals surface area contributed by atoms with Gasteiger partial charge in [-0.3, -0.25) is 4.55 Å². The van der Waals surface area contributed by atoms with E-state index >= 15 is 0 Å². The van der Waals surface area contributed by atoms with Crippen LogP contribution in [0.1, 0.15) is 17.0 Å². The lowest BCUT2D eigenvalue weighted by atomic mass is 9.98. The predicted octanol–water partition coefficient (Wildman–Crippen LogP) is 2.82. The van der Waals surface area contributed by atoms with Crippen molar-refractivity contribution in [2.24, 2.45) is 0 Å². The highest BCUT2D eigenvalue weighted by molar-refractivity contribution is 7.87. The minimum atomic E-state index is -5.88. The summed E-state index contributed by atoms with van der Waals surface area (Å²) in [6, 6.07) is 14.5. The second-order valence-corrected chi connectivity index (χ2v) is 6.78. The number of hydrogen-bond donors (Lipinski definition) is 1. The molecule has 1 aliphatic rings. The van der Waals surface area contributed by atoms with Crippen molar-refractivity contribution in [3.63, 3.8) is 0 Å². The molecule has 0 unspecified atom stereocenters. The Bertz CT molecular complexity index is 863. The molecule has 0 heterocycles. The molecular formula is C16H12F2O5S. The monoisotopic (exact) mass is 354 g/mol. The number of ether oxygens (including phenoxy) is 1. The van der Waals surface area contributed by atoms with E-state index in [4.69, 9.17) is 4.55 Å². The SMILES string of the molecule is O=C(OCC1c2ccccc2-c2ccccc21)C(F)(F)S(=O)(=O)O. The highest BCUT2D eigenvalue weighted by Gasteiger charge is 2.54. The summed E-state index contributed by atoms with van der Waals surface area (Å²) in [5, 5.41) is -5.00. The molecule has 5 nitrogen and oxygen atoms in total. The molecule has 2 aromatic rings. The van der Waals surface area contributed by atoms with Crippen LogP contribution in [0.3, 0.4) is 0 Å². The summed E-state index contributed by atoms with van der Waals surface area (Å²) in [6.45, 7) is -0.460. The number of benzene rings is 2. The lowest BCUT2D eigenvalue weighted by Gasteiger charge is -2.16. The van der Waals surface area contributed by atoms with Crippen LogP contribution in [0.5, 0.6) is 0 Å². The van der Waals surface area contributed by atoms with Crippen molar-refractivity contribution < 1.29 is 31.3 Å². The molecule has 8 heteroatoms. The fraction of sp³-hybridized carbons (Fsp3) is 0.188. The topological polar surface area (TPSA) is 80.7 Å². The standard InChI is InChI=1S/C16H12F2O5S/c17-16(18,24(20,21)22)15(19)23-9-14-12-7-3-1-5-10(12)11-6-2-4-8-13(11)14/h1-8,14H,9H2,(H,20,21,22). The van der Waals surface area contributed by atoms with E-state index < -0.39 is 33.9 Å². The summed E-state index contributed by atoms with van der Waals surface area (Å²) in [5.41, 5.74) is 3.38. The Morgan fingerprint density at radius 2 is 1.50 bits per heavy atom. The van der Waals surface area contributed by atoms with Gasteiger partial charge < -0.3 is 4.74 Å². The molecule has 0 bridgehead atoms. The molecule has 3 rings (SSSR count). The largest absolute Gasteiger partial charge is 0.465 e. The summed E-state index contributed by atoms with van der Waals surface area (Å²) in [7, 11) is -5.88. The van der Waals surface area contributed by atoms with Crippen molar-refractivity contribution in [2.75, 3.05) is 6.61 Å². The summed E-state index contributed by atoms with van der Waals surface area (Å²) < 4.78 is 60.7. The molecule has 0 spiro atoms. The van der Waals surface area contributed by atoms with Crippen LogP contribution in [0, 0.1) is 0 Å². The Labute approximate surface area is 136 Å². The zero-order valence-electron chi connectivity index (χ0n) is 12.1. The van der Waals surface area contributed by atoms with Crippen molar-refractivity contribution in [3.8, 4) is 11.1 Å². The summed E-state index contributed by atoms with van der Waals surface area (Å²) in [6.07, 6.45) is 0. The summed E-state index contributed by atoms with van der Waals surface area (Å²) in [4.78, 5) is 11.4. The first-order valence-electron chi connectivity index (χ1n) is 6.94. The number of hydrogen-bond acceptors (Lipinski definition) is 4. The number of fused-ring (bicyclic) bond motifs is 3. The van der Waals surface area contributed by atoms with E-state index in [2.05, 4.69) is 4.74 Å². The van der Waals surface area contributed by atoms with E-state index in [1.54, 1.807) is 24.3 Å². The van der Waals surface area contributed by atoms with E-state index in [9.17, 15) is 22.0 Å².